The number of likely N-dealkylation sites (tertiary alicyclic amines) is 1. The summed E-state index contributed by atoms with van der Waals surface area (Å²) in [5.74, 6) is -6.25. The maximum Gasteiger partial charge on any atom is 0.423 e. The van der Waals surface area contributed by atoms with Crippen LogP contribution < -0.4 is 4.90 Å². The van der Waals surface area contributed by atoms with E-state index in [9.17, 15) is 24.3 Å². The van der Waals surface area contributed by atoms with Gasteiger partial charge in [-0.25, -0.2) is 9.69 Å². The van der Waals surface area contributed by atoms with E-state index in [1.807, 2.05) is 54.6 Å². The lowest BCUT2D eigenvalue weighted by atomic mass is 9.49. The van der Waals surface area contributed by atoms with Gasteiger partial charge in [0, 0.05) is 16.3 Å². The molecule has 10 heteroatoms. The van der Waals surface area contributed by atoms with Crippen molar-refractivity contribution >= 4 is 57.8 Å². The Morgan fingerprint density at radius 2 is 1.58 bits per heavy atom. The molecule has 4 aromatic carbocycles. The summed E-state index contributed by atoms with van der Waals surface area (Å²) >= 11 is 6.38. The number of fused-ring (bicyclic) bond motifs is 5. The van der Waals surface area contributed by atoms with Crippen molar-refractivity contribution in [2.45, 2.75) is 24.2 Å². The third-order valence-corrected chi connectivity index (χ3v) is 11.0. The minimum atomic E-state index is -1.47. The maximum atomic E-state index is 15.4. The third kappa shape index (κ3) is 3.94. The lowest BCUT2D eigenvalue weighted by Gasteiger charge is -2.51. The van der Waals surface area contributed by atoms with Crippen molar-refractivity contribution in [3.63, 3.8) is 0 Å². The summed E-state index contributed by atoms with van der Waals surface area (Å²) < 4.78 is 4.80. The Balaban J connectivity index is 1.43. The van der Waals surface area contributed by atoms with E-state index in [1.165, 1.54) is 4.90 Å². The van der Waals surface area contributed by atoms with E-state index >= 15 is 4.79 Å². The predicted octanol–water partition coefficient (Wildman–Crippen LogP) is 6.13. The van der Waals surface area contributed by atoms with Crippen molar-refractivity contribution in [2.75, 3.05) is 12.0 Å². The van der Waals surface area contributed by atoms with Gasteiger partial charge < -0.3 is 9.84 Å². The number of phenolic OH excluding ortho intramolecular Hbond substituents is 1. The van der Waals surface area contributed by atoms with Crippen LogP contribution >= 0.6 is 11.6 Å². The van der Waals surface area contributed by atoms with Crippen LogP contribution in [-0.4, -0.2) is 46.8 Å². The number of amides is 5. The van der Waals surface area contributed by atoms with Crippen LogP contribution in [0.25, 0.3) is 10.8 Å². The predicted molar refractivity (Wildman–Crippen MR) is 176 cm³/mol. The Morgan fingerprint density at radius 3 is 2.31 bits per heavy atom. The number of imide groups is 4. The minimum Gasteiger partial charge on any atom is -0.507 e. The van der Waals surface area contributed by atoms with Crippen molar-refractivity contribution in [3.05, 3.63) is 119 Å². The quantitative estimate of drug-likeness (QED) is 0.207. The molecule has 0 unspecified atom stereocenters. The zero-order chi connectivity index (χ0) is 33.5. The standard InChI is InChI=1S/C38H29ClN2O7/c1-48-37(47)41-33(43)27-15-14-26-28(31(27)35(41)45)19-29-34(44)40(22-11-7-10-21(39)18-22)36(46)38(29,20-8-3-2-4-9-20)32(26)25-16-17-30(42)24-13-6-5-12-23(24)25/h2-14,16-18,27-29,31-32,42H,15,19H2,1H3/t27-,28+,29-,31-,32-,38+/m0/s1. The van der Waals surface area contributed by atoms with Gasteiger partial charge in [-0.2, -0.15) is 4.90 Å². The number of ether oxygens (including phenoxy) is 1. The van der Waals surface area contributed by atoms with Crippen LogP contribution in [0.5, 0.6) is 5.75 Å². The Morgan fingerprint density at radius 1 is 0.854 bits per heavy atom. The van der Waals surface area contributed by atoms with E-state index in [2.05, 4.69) is 0 Å². The smallest absolute Gasteiger partial charge is 0.423 e. The van der Waals surface area contributed by atoms with Gasteiger partial charge in [-0.1, -0.05) is 90.0 Å². The average Bonchev–Trinajstić information content (AvgIpc) is 3.49. The Hall–Kier alpha value is -5.28. The zero-order valence-corrected chi connectivity index (χ0v) is 26.5. The largest absolute Gasteiger partial charge is 0.507 e. The second-order valence-corrected chi connectivity index (χ2v) is 13.2. The highest BCUT2D eigenvalue weighted by molar-refractivity contribution is 6.32. The highest BCUT2D eigenvalue weighted by Gasteiger charge is 2.70. The first kappa shape index (κ1) is 30.1. The molecular weight excluding hydrogens is 632 g/mol. The van der Waals surface area contributed by atoms with E-state index in [4.69, 9.17) is 16.3 Å². The minimum absolute atomic E-state index is 0.0596. The number of anilines is 1. The van der Waals surface area contributed by atoms with Crippen molar-refractivity contribution in [1.29, 1.82) is 0 Å². The summed E-state index contributed by atoms with van der Waals surface area (Å²) in [6.07, 6.45) is 1.13. The van der Waals surface area contributed by atoms with Gasteiger partial charge in [0.2, 0.25) is 23.6 Å². The molecule has 8 rings (SSSR count). The third-order valence-electron chi connectivity index (χ3n) is 10.8. The van der Waals surface area contributed by atoms with Gasteiger partial charge in [-0.15, -0.1) is 0 Å². The Labute approximate surface area is 280 Å². The lowest BCUT2D eigenvalue weighted by Crippen LogP contribution is -2.53. The van der Waals surface area contributed by atoms with E-state index in [0.717, 1.165) is 12.7 Å². The number of phenols is 1. The molecule has 5 amide bonds. The molecule has 9 nitrogen and oxygen atoms in total. The normalized spacial score (nSPS) is 27.9. The summed E-state index contributed by atoms with van der Waals surface area (Å²) in [4.78, 5) is 72.1. The monoisotopic (exact) mass is 660 g/mol. The molecule has 0 aromatic heterocycles. The molecule has 2 aliphatic carbocycles. The molecule has 2 heterocycles. The van der Waals surface area contributed by atoms with E-state index < -0.39 is 64.7 Å². The first-order valence-corrected chi connectivity index (χ1v) is 16.1. The van der Waals surface area contributed by atoms with Crippen molar-refractivity contribution < 1.29 is 33.8 Å². The van der Waals surface area contributed by atoms with Crippen molar-refractivity contribution in [3.8, 4) is 5.75 Å². The number of carbonyl (C=O) groups excluding carboxylic acids is 5. The van der Waals surface area contributed by atoms with Gasteiger partial charge >= 0.3 is 6.09 Å². The molecule has 3 fully saturated rings. The van der Waals surface area contributed by atoms with E-state index in [-0.39, 0.29) is 18.6 Å². The lowest BCUT2D eigenvalue weighted by molar-refractivity contribution is -0.138. The highest BCUT2D eigenvalue weighted by atomic mass is 35.5. The zero-order valence-electron chi connectivity index (χ0n) is 25.7. The van der Waals surface area contributed by atoms with Crippen LogP contribution in [0.1, 0.15) is 29.9 Å². The van der Waals surface area contributed by atoms with Crippen LogP contribution in [0.4, 0.5) is 10.5 Å². The van der Waals surface area contributed by atoms with Gasteiger partial charge in [0.1, 0.15) is 5.75 Å². The molecule has 2 saturated heterocycles. The number of hydrogen-bond acceptors (Lipinski definition) is 7. The van der Waals surface area contributed by atoms with Crippen LogP contribution in [0, 0.1) is 23.7 Å². The maximum absolute atomic E-state index is 15.4. The van der Waals surface area contributed by atoms with Gasteiger partial charge in [0.25, 0.3) is 0 Å². The second kappa shape index (κ2) is 10.9. The van der Waals surface area contributed by atoms with Crippen LogP contribution in [0.3, 0.4) is 0 Å². The Bertz CT molecular complexity index is 2110. The highest BCUT2D eigenvalue weighted by Crippen LogP contribution is 2.65. The number of nitrogens with zero attached hydrogens (tertiary/aromatic N) is 2. The van der Waals surface area contributed by atoms with Crippen molar-refractivity contribution in [2.24, 2.45) is 23.7 Å². The molecule has 2 aliphatic heterocycles. The number of aromatic hydroxyl groups is 1. The Kier molecular flexibility index (Phi) is 6.82. The summed E-state index contributed by atoms with van der Waals surface area (Å²) in [7, 11) is 1.11. The molecule has 1 saturated carbocycles. The average molecular weight is 661 g/mol. The van der Waals surface area contributed by atoms with Crippen LogP contribution in [0.2, 0.25) is 5.02 Å². The number of carbonyl (C=O) groups is 5. The number of allylic oxidation sites excluding steroid dienone is 2. The van der Waals surface area contributed by atoms with Gasteiger partial charge in [-0.3, -0.25) is 19.2 Å². The van der Waals surface area contributed by atoms with E-state index in [1.54, 1.807) is 42.5 Å². The fourth-order valence-corrected chi connectivity index (χ4v) is 9.10. The topological polar surface area (TPSA) is 121 Å². The number of benzene rings is 4. The summed E-state index contributed by atoms with van der Waals surface area (Å²) in [6.45, 7) is 0. The molecule has 48 heavy (non-hydrogen) atoms. The number of rotatable bonds is 3. The molecular formula is C38H29ClN2O7. The summed E-state index contributed by atoms with van der Waals surface area (Å²) in [6, 6.07) is 26.5. The summed E-state index contributed by atoms with van der Waals surface area (Å²) in [5.41, 5.74) is 0.932. The molecule has 0 radical (unpaired) electrons. The molecule has 4 aromatic rings. The van der Waals surface area contributed by atoms with Crippen LogP contribution in [-0.2, 0) is 29.3 Å². The first-order chi connectivity index (χ1) is 23.2. The van der Waals surface area contributed by atoms with Crippen molar-refractivity contribution in [1.82, 2.24) is 4.90 Å². The van der Waals surface area contributed by atoms with E-state index in [0.29, 0.717) is 37.5 Å². The number of halogens is 1. The fraction of sp³-hybridized carbons (Fsp3) is 0.237. The van der Waals surface area contributed by atoms with Gasteiger partial charge in [-0.05, 0) is 59.5 Å². The molecule has 0 bridgehead atoms. The fourth-order valence-electron chi connectivity index (χ4n) is 8.92. The van der Waals surface area contributed by atoms with Gasteiger partial charge in [0.15, 0.2) is 0 Å². The molecule has 240 valence electrons. The summed E-state index contributed by atoms with van der Waals surface area (Å²) in [5, 5.41) is 12.5. The molecule has 4 aliphatic rings. The first-order valence-electron chi connectivity index (χ1n) is 15.8. The molecule has 1 N–H and O–H groups in total. The number of hydrogen-bond donors (Lipinski definition) is 1. The second-order valence-electron chi connectivity index (χ2n) is 12.8. The molecule has 0 spiro atoms. The molecule has 6 atom stereocenters. The van der Waals surface area contributed by atoms with Crippen LogP contribution in [0.15, 0.2) is 103 Å². The number of methoxy groups -OCH3 is 1. The SMILES string of the molecule is COC(=O)N1C(=O)[C@H]2[C@H](CC=C3[C@H]2C[C@H]2C(=O)N(c4cccc(Cl)c4)C(=O)[C@@]2(c2ccccc2)[C@H]3c2ccc(O)c3ccccc23)C1=O. The van der Waals surface area contributed by atoms with Gasteiger partial charge in [0.05, 0.1) is 36.0 Å².